The highest BCUT2D eigenvalue weighted by Gasteiger charge is 2.60. The molecule has 2 atom stereocenters. The van der Waals surface area contributed by atoms with Crippen molar-refractivity contribution in [2.24, 2.45) is 10.7 Å². The number of pyridine rings is 1. The Labute approximate surface area is 193 Å². The van der Waals surface area contributed by atoms with E-state index in [2.05, 4.69) is 15.0 Å². The van der Waals surface area contributed by atoms with E-state index in [1.54, 1.807) is 36.9 Å². The first-order chi connectivity index (χ1) is 16.3. The Morgan fingerprint density at radius 1 is 1.06 bits per heavy atom. The van der Waals surface area contributed by atoms with Crippen molar-refractivity contribution in [2.45, 2.75) is 24.6 Å². The van der Waals surface area contributed by atoms with Gasteiger partial charge in [0.2, 0.25) is 0 Å². The van der Waals surface area contributed by atoms with E-state index in [9.17, 15) is 13.6 Å². The molecule has 1 aromatic carbocycles. The maximum absolute atomic E-state index is 14.6. The second kappa shape index (κ2) is 8.10. The molecule has 2 aromatic heterocycles. The molecule has 0 spiro atoms. The predicted molar refractivity (Wildman–Crippen MR) is 118 cm³/mol. The van der Waals surface area contributed by atoms with Crippen molar-refractivity contribution in [3.63, 3.8) is 0 Å². The van der Waals surface area contributed by atoms with Gasteiger partial charge < -0.3 is 15.5 Å². The van der Waals surface area contributed by atoms with Gasteiger partial charge in [-0.3, -0.25) is 9.78 Å². The first kappa shape index (κ1) is 21.8. The zero-order valence-corrected chi connectivity index (χ0v) is 18.2. The topological polar surface area (TPSA) is 110 Å². The highest BCUT2D eigenvalue weighted by Crippen LogP contribution is 2.48. The van der Waals surface area contributed by atoms with Gasteiger partial charge in [-0.05, 0) is 34.9 Å². The van der Waals surface area contributed by atoms with Crippen molar-refractivity contribution in [1.29, 1.82) is 0 Å². The summed E-state index contributed by atoms with van der Waals surface area (Å²) in [6, 6.07) is 10.9. The molecule has 2 aliphatic rings. The summed E-state index contributed by atoms with van der Waals surface area (Å²) in [4.78, 5) is 35.5. The SMILES string of the molecule is CC(=O)ON1CC(F)(F)CN2C(N)=NC(c3ccncc3)(c3cccc(-c4cncnc4)c3)C12. The van der Waals surface area contributed by atoms with Crippen LogP contribution in [0.1, 0.15) is 18.1 Å². The number of hydrogen-bond donors (Lipinski definition) is 1. The predicted octanol–water partition coefficient (Wildman–Crippen LogP) is 2.17. The van der Waals surface area contributed by atoms with Gasteiger partial charge in [-0.2, -0.15) is 0 Å². The molecule has 0 radical (unpaired) electrons. The summed E-state index contributed by atoms with van der Waals surface area (Å²) in [6.07, 6.45) is 7.03. The Kier molecular flexibility index (Phi) is 5.20. The summed E-state index contributed by atoms with van der Waals surface area (Å²) in [6.45, 7) is -0.292. The third-order valence-corrected chi connectivity index (χ3v) is 5.88. The van der Waals surface area contributed by atoms with E-state index in [4.69, 9.17) is 15.6 Å². The molecule has 2 N–H and O–H groups in total. The number of rotatable bonds is 4. The number of guanidine groups is 1. The molecule has 2 unspecified atom stereocenters. The fraction of sp³-hybridized carbons (Fsp3) is 0.261. The van der Waals surface area contributed by atoms with Gasteiger partial charge in [0.05, 0.1) is 6.54 Å². The smallest absolute Gasteiger partial charge is 0.322 e. The average Bonchev–Trinajstić information content (AvgIpc) is 3.12. The van der Waals surface area contributed by atoms with Gasteiger partial charge >= 0.3 is 5.97 Å². The lowest BCUT2D eigenvalue weighted by molar-refractivity contribution is -0.263. The Morgan fingerprint density at radius 3 is 2.50 bits per heavy atom. The van der Waals surface area contributed by atoms with E-state index >= 15 is 0 Å². The minimum absolute atomic E-state index is 0.0770. The molecule has 0 saturated carbocycles. The van der Waals surface area contributed by atoms with Crippen molar-refractivity contribution in [2.75, 3.05) is 13.1 Å². The molecule has 5 rings (SSSR count). The molecule has 11 heteroatoms. The number of nitrogens with zero attached hydrogens (tertiary/aromatic N) is 6. The van der Waals surface area contributed by atoms with Crippen molar-refractivity contribution in [1.82, 2.24) is 24.9 Å². The number of carbonyl (C=O) groups excluding carboxylic acids is 1. The molecule has 34 heavy (non-hydrogen) atoms. The fourth-order valence-electron chi connectivity index (χ4n) is 4.63. The van der Waals surface area contributed by atoms with E-state index in [0.29, 0.717) is 11.1 Å². The van der Waals surface area contributed by atoms with E-state index in [-0.39, 0.29) is 5.96 Å². The average molecular weight is 465 g/mol. The summed E-state index contributed by atoms with van der Waals surface area (Å²) >= 11 is 0. The Balaban J connectivity index is 1.73. The summed E-state index contributed by atoms with van der Waals surface area (Å²) in [7, 11) is 0. The van der Waals surface area contributed by atoms with Crippen LogP contribution < -0.4 is 5.73 Å². The van der Waals surface area contributed by atoms with Crippen LogP contribution in [-0.4, -0.2) is 62.0 Å². The van der Waals surface area contributed by atoms with Gasteiger partial charge in [0.1, 0.15) is 12.9 Å². The number of aromatic nitrogens is 3. The zero-order chi connectivity index (χ0) is 23.9. The van der Waals surface area contributed by atoms with Crippen molar-refractivity contribution in [3.05, 3.63) is 78.6 Å². The zero-order valence-electron chi connectivity index (χ0n) is 18.2. The minimum atomic E-state index is -3.18. The highest BCUT2D eigenvalue weighted by atomic mass is 19.3. The number of nitrogens with two attached hydrogens (primary N) is 1. The molecule has 174 valence electrons. The minimum Gasteiger partial charge on any atom is -0.370 e. The van der Waals surface area contributed by atoms with Crippen LogP contribution in [0.3, 0.4) is 0 Å². The second-order valence-corrected chi connectivity index (χ2v) is 8.20. The van der Waals surface area contributed by atoms with Crippen LogP contribution in [-0.2, 0) is 15.2 Å². The molecule has 4 heterocycles. The number of hydrogen-bond acceptors (Lipinski definition) is 9. The maximum Gasteiger partial charge on any atom is 0.322 e. The Hall–Kier alpha value is -3.99. The molecule has 3 aromatic rings. The van der Waals surface area contributed by atoms with Crippen LogP contribution in [0, 0.1) is 0 Å². The molecule has 0 amide bonds. The molecule has 0 bridgehead atoms. The van der Waals surface area contributed by atoms with E-state index < -0.39 is 36.7 Å². The number of aliphatic imine (C=N–C) groups is 1. The van der Waals surface area contributed by atoms with Gasteiger partial charge in [0.15, 0.2) is 17.7 Å². The lowest BCUT2D eigenvalue weighted by Crippen LogP contribution is -2.66. The maximum atomic E-state index is 14.6. The quantitative estimate of drug-likeness (QED) is 0.624. The molecule has 9 nitrogen and oxygen atoms in total. The van der Waals surface area contributed by atoms with E-state index in [1.807, 2.05) is 24.3 Å². The van der Waals surface area contributed by atoms with Crippen molar-refractivity contribution >= 4 is 11.9 Å². The summed E-state index contributed by atoms with van der Waals surface area (Å²) in [5, 5.41) is 0.980. The van der Waals surface area contributed by atoms with Gasteiger partial charge in [0, 0.05) is 37.3 Å². The normalized spacial score (nSPS) is 23.8. The summed E-state index contributed by atoms with van der Waals surface area (Å²) in [5.41, 5.74) is 7.85. The van der Waals surface area contributed by atoms with E-state index in [0.717, 1.165) is 16.2 Å². The first-order valence-electron chi connectivity index (χ1n) is 10.5. The summed E-state index contributed by atoms with van der Waals surface area (Å²) in [5.74, 6) is -3.97. The fourth-order valence-corrected chi connectivity index (χ4v) is 4.63. The second-order valence-electron chi connectivity index (χ2n) is 8.20. The standard InChI is InChI=1S/C23H21F2N7O2/c1-15(33)34-32-13-22(24,25)12-31-20(32)23(30-21(31)26,18-5-7-27-8-6-18)19-4-2-3-16(9-19)17-10-28-14-29-11-17/h2-11,14,20H,12-13H2,1H3,(H2,26,30). The monoisotopic (exact) mass is 465 g/mol. The number of hydroxylamine groups is 2. The first-order valence-corrected chi connectivity index (χ1v) is 10.5. The molecule has 2 aliphatic heterocycles. The van der Waals surface area contributed by atoms with Crippen LogP contribution in [0.15, 0.2) is 72.5 Å². The highest BCUT2D eigenvalue weighted by molar-refractivity contribution is 5.83. The van der Waals surface area contributed by atoms with Crippen LogP contribution in [0.4, 0.5) is 8.78 Å². The van der Waals surface area contributed by atoms with Crippen molar-refractivity contribution in [3.8, 4) is 11.1 Å². The summed E-state index contributed by atoms with van der Waals surface area (Å²) < 4.78 is 29.3. The van der Waals surface area contributed by atoms with Crippen LogP contribution >= 0.6 is 0 Å². The molecule has 0 aliphatic carbocycles. The molecular weight excluding hydrogens is 444 g/mol. The Morgan fingerprint density at radius 2 is 1.79 bits per heavy atom. The molecule has 1 fully saturated rings. The van der Waals surface area contributed by atoms with Gasteiger partial charge in [-0.1, -0.05) is 18.2 Å². The number of fused-ring (bicyclic) bond motifs is 1. The lowest BCUT2D eigenvalue weighted by atomic mass is 9.79. The van der Waals surface area contributed by atoms with Gasteiger partial charge in [-0.15, -0.1) is 5.06 Å². The van der Waals surface area contributed by atoms with Crippen LogP contribution in [0.5, 0.6) is 0 Å². The third-order valence-electron chi connectivity index (χ3n) is 5.88. The molecular formula is C23H21F2N7O2. The van der Waals surface area contributed by atoms with Gasteiger partial charge in [0.25, 0.3) is 5.92 Å². The lowest BCUT2D eigenvalue weighted by Gasteiger charge is -2.47. The Bertz CT molecular complexity index is 1240. The largest absolute Gasteiger partial charge is 0.370 e. The van der Waals surface area contributed by atoms with Crippen LogP contribution in [0.2, 0.25) is 0 Å². The number of alkyl halides is 2. The number of halogens is 2. The number of carbonyl (C=O) groups is 1. The number of benzene rings is 1. The van der Waals surface area contributed by atoms with E-state index in [1.165, 1.54) is 18.2 Å². The van der Waals surface area contributed by atoms with Gasteiger partial charge in [-0.25, -0.2) is 23.7 Å². The van der Waals surface area contributed by atoms with Crippen LogP contribution in [0.25, 0.3) is 11.1 Å². The van der Waals surface area contributed by atoms with Crippen molar-refractivity contribution < 1.29 is 18.4 Å². The third kappa shape index (κ3) is 3.63. The molecule has 1 saturated heterocycles.